The number of aromatic nitrogens is 1. The number of pyridine rings is 1. The number of carbonyl (C=O) groups excluding carboxylic acids is 1. The summed E-state index contributed by atoms with van der Waals surface area (Å²) in [5.41, 5.74) is 3.44. The van der Waals surface area contributed by atoms with Gasteiger partial charge in [-0.1, -0.05) is 18.2 Å². The Labute approximate surface area is 159 Å². The zero-order chi connectivity index (χ0) is 19.2. The second-order valence-electron chi connectivity index (χ2n) is 6.12. The fourth-order valence-electron chi connectivity index (χ4n) is 2.87. The molecule has 0 fully saturated rings. The average Bonchev–Trinajstić information content (AvgIpc) is 2.73. The second-order valence-corrected chi connectivity index (χ2v) is 6.12. The van der Waals surface area contributed by atoms with E-state index in [4.69, 9.17) is 9.47 Å². The van der Waals surface area contributed by atoms with Crippen LogP contribution in [0.5, 0.6) is 11.5 Å². The third kappa shape index (κ3) is 4.26. The molecule has 0 unspecified atom stereocenters. The van der Waals surface area contributed by atoms with Crippen LogP contribution in [-0.2, 0) is 0 Å². The molecule has 0 aliphatic rings. The van der Waals surface area contributed by atoms with Crippen molar-refractivity contribution >= 4 is 5.91 Å². The molecule has 1 heterocycles. The Bertz CT molecular complexity index is 926. The van der Waals surface area contributed by atoms with Gasteiger partial charge >= 0.3 is 0 Å². The molecule has 138 valence electrons. The molecule has 1 N–H and O–H groups in total. The van der Waals surface area contributed by atoms with Crippen molar-refractivity contribution in [2.75, 3.05) is 14.2 Å². The van der Waals surface area contributed by atoms with Gasteiger partial charge in [0.15, 0.2) is 0 Å². The lowest BCUT2D eigenvalue weighted by molar-refractivity contribution is 0.0937. The van der Waals surface area contributed by atoms with Crippen molar-refractivity contribution in [2.24, 2.45) is 0 Å². The van der Waals surface area contributed by atoms with Crippen LogP contribution in [-0.4, -0.2) is 25.1 Å². The highest BCUT2D eigenvalue weighted by molar-refractivity contribution is 5.97. The van der Waals surface area contributed by atoms with Crippen molar-refractivity contribution in [3.63, 3.8) is 0 Å². The van der Waals surface area contributed by atoms with Crippen LogP contribution >= 0.6 is 0 Å². The number of hydrogen-bond acceptors (Lipinski definition) is 4. The Morgan fingerprint density at radius 3 is 2.44 bits per heavy atom. The van der Waals surface area contributed by atoms with E-state index in [0.717, 1.165) is 22.4 Å². The monoisotopic (exact) mass is 362 g/mol. The van der Waals surface area contributed by atoms with Crippen molar-refractivity contribution in [1.29, 1.82) is 0 Å². The molecule has 0 saturated carbocycles. The number of carbonyl (C=O) groups is 1. The van der Waals surface area contributed by atoms with Crippen LogP contribution in [0.2, 0.25) is 0 Å². The normalized spacial score (nSPS) is 11.5. The van der Waals surface area contributed by atoms with Gasteiger partial charge in [0.05, 0.1) is 25.8 Å². The zero-order valence-electron chi connectivity index (χ0n) is 15.6. The molecule has 0 radical (unpaired) electrons. The molecule has 1 amide bonds. The summed E-state index contributed by atoms with van der Waals surface area (Å²) in [6, 6.07) is 16.9. The van der Waals surface area contributed by atoms with Crippen LogP contribution < -0.4 is 14.8 Å². The van der Waals surface area contributed by atoms with Crippen LogP contribution in [0.4, 0.5) is 0 Å². The fourth-order valence-corrected chi connectivity index (χ4v) is 2.87. The first kappa shape index (κ1) is 18.5. The Morgan fingerprint density at radius 1 is 0.963 bits per heavy atom. The van der Waals surface area contributed by atoms with Crippen molar-refractivity contribution in [3.8, 4) is 22.6 Å². The lowest BCUT2D eigenvalue weighted by atomic mass is 10.0. The van der Waals surface area contributed by atoms with Crippen LogP contribution in [0.15, 0.2) is 67.0 Å². The minimum atomic E-state index is -0.191. The van der Waals surface area contributed by atoms with Crippen molar-refractivity contribution < 1.29 is 14.3 Å². The number of methoxy groups -OCH3 is 2. The van der Waals surface area contributed by atoms with E-state index in [9.17, 15) is 4.79 Å². The summed E-state index contributed by atoms with van der Waals surface area (Å²) in [5.74, 6) is 1.09. The maximum Gasteiger partial charge on any atom is 0.255 e. The van der Waals surface area contributed by atoms with Crippen LogP contribution in [0.25, 0.3) is 11.1 Å². The second kappa shape index (κ2) is 8.36. The van der Waals surface area contributed by atoms with Gasteiger partial charge in [-0.25, -0.2) is 0 Å². The van der Waals surface area contributed by atoms with Crippen LogP contribution in [0.3, 0.4) is 0 Å². The lowest BCUT2D eigenvalue weighted by Gasteiger charge is -2.17. The molecule has 3 rings (SSSR count). The molecule has 1 aromatic heterocycles. The van der Waals surface area contributed by atoms with Crippen molar-refractivity contribution in [2.45, 2.75) is 13.0 Å². The van der Waals surface area contributed by atoms with E-state index in [1.165, 1.54) is 0 Å². The molecule has 0 saturated heterocycles. The quantitative estimate of drug-likeness (QED) is 0.712. The Kier molecular flexibility index (Phi) is 5.71. The molecule has 27 heavy (non-hydrogen) atoms. The smallest absolute Gasteiger partial charge is 0.255 e. The predicted molar refractivity (Wildman–Crippen MR) is 105 cm³/mol. The molecule has 5 nitrogen and oxygen atoms in total. The molecule has 3 aromatic rings. The van der Waals surface area contributed by atoms with Crippen LogP contribution in [0.1, 0.15) is 28.9 Å². The summed E-state index contributed by atoms with van der Waals surface area (Å²) in [6.45, 7) is 1.94. The van der Waals surface area contributed by atoms with E-state index in [1.54, 1.807) is 32.7 Å². The SMILES string of the molecule is COc1cccc([C@H](C)NC(=O)c2ccc(-c3ccncc3)cc2OC)c1. The highest BCUT2D eigenvalue weighted by Gasteiger charge is 2.17. The van der Waals surface area contributed by atoms with Gasteiger partial charge in [0, 0.05) is 12.4 Å². The summed E-state index contributed by atoms with van der Waals surface area (Å²) in [5, 5.41) is 3.01. The van der Waals surface area contributed by atoms with E-state index in [2.05, 4.69) is 10.3 Å². The maximum absolute atomic E-state index is 12.8. The molecule has 0 aliphatic heterocycles. The molecular formula is C22H22N2O3. The molecular weight excluding hydrogens is 340 g/mol. The van der Waals surface area contributed by atoms with Crippen LogP contribution in [0, 0.1) is 0 Å². The van der Waals surface area contributed by atoms with Gasteiger partial charge in [-0.15, -0.1) is 0 Å². The molecule has 0 aliphatic carbocycles. The largest absolute Gasteiger partial charge is 0.497 e. The predicted octanol–water partition coefficient (Wildman–Crippen LogP) is 4.26. The zero-order valence-corrected chi connectivity index (χ0v) is 15.6. The Hall–Kier alpha value is -3.34. The molecule has 0 bridgehead atoms. The first-order chi connectivity index (χ1) is 13.1. The van der Waals surface area contributed by atoms with E-state index in [1.807, 2.05) is 55.5 Å². The Balaban J connectivity index is 1.81. The van der Waals surface area contributed by atoms with Gasteiger partial charge in [0.2, 0.25) is 0 Å². The van der Waals surface area contributed by atoms with Gasteiger partial charge in [0.25, 0.3) is 5.91 Å². The van der Waals surface area contributed by atoms with Crippen molar-refractivity contribution in [1.82, 2.24) is 10.3 Å². The molecule has 1 atom stereocenters. The van der Waals surface area contributed by atoms with E-state index in [0.29, 0.717) is 11.3 Å². The van der Waals surface area contributed by atoms with Gasteiger partial charge in [-0.05, 0) is 60.0 Å². The minimum absolute atomic E-state index is 0.169. The average molecular weight is 362 g/mol. The number of hydrogen-bond donors (Lipinski definition) is 1. The number of nitrogens with one attached hydrogen (secondary N) is 1. The summed E-state index contributed by atoms with van der Waals surface area (Å²) in [6.07, 6.45) is 3.47. The number of amides is 1. The number of benzene rings is 2. The van der Waals surface area contributed by atoms with E-state index in [-0.39, 0.29) is 11.9 Å². The van der Waals surface area contributed by atoms with Gasteiger partial charge in [-0.2, -0.15) is 0 Å². The highest BCUT2D eigenvalue weighted by atomic mass is 16.5. The fraction of sp³-hybridized carbons (Fsp3) is 0.182. The summed E-state index contributed by atoms with van der Waals surface area (Å²) >= 11 is 0. The first-order valence-electron chi connectivity index (χ1n) is 8.65. The molecule has 5 heteroatoms. The first-order valence-corrected chi connectivity index (χ1v) is 8.65. The number of ether oxygens (including phenoxy) is 2. The molecule has 2 aromatic carbocycles. The summed E-state index contributed by atoms with van der Waals surface area (Å²) in [4.78, 5) is 16.8. The number of rotatable bonds is 6. The van der Waals surface area contributed by atoms with E-state index >= 15 is 0 Å². The molecule has 0 spiro atoms. The lowest BCUT2D eigenvalue weighted by Crippen LogP contribution is -2.27. The van der Waals surface area contributed by atoms with Crippen molar-refractivity contribution in [3.05, 3.63) is 78.1 Å². The van der Waals surface area contributed by atoms with Gasteiger partial charge in [0.1, 0.15) is 11.5 Å². The summed E-state index contributed by atoms with van der Waals surface area (Å²) < 4.78 is 10.7. The Morgan fingerprint density at radius 2 is 1.74 bits per heavy atom. The highest BCUT2D eigenvalue weighted by Crippen LogP contribution is 2.28. The van der Waals surface area contributed by atoms with E-state index < -0.39 is 0 Å². The maximum atomic E-state index is 12.8. The third-order valence-electron chi connectivity index (χ3n) is 4.40. The summed E-state index contributed by atoms with van der Waals surface area (Å²) in [7, 11) is 3.19. The standard InChI is InChI=1S/C22H22N2O3/c1-15(17-5-4-6-19(13-17)26-2)24-22(25)20-8-7-18(14-21(20)27-3)16-9-11-23-12-10-16/h4-15H,1-3H3,(H,24,25)/t15-/m0/s1. The van der Waals surface area contributed by atoms with Gasteiger partial charge in [-0.3, -0.25) is 9.78 Å². The number of nitrogens with zero attached hydrogens (tertiary/aromatic N) is 1. The van der Waals surface area contributed by atoms with Gasteiger partial charge < -0.3 is 14.8 Å². The third-order valence-corrected chi connectivity index (χ3v) is 4.40. The minimum Gasteiger partial charge on any atom is -0.497 e. The topological polar surface area (TPSA) is 60.5 Å².